The SMILES string of the molecule is CC(=O)OC[C@@H]1O[C@H](O[C@H](C)[C@H](NC(=O)OCC2c3ccccc3-c3ccccc32)C(=O)O)[C@H](OC(C)=O)[C@H](OC(C)=O)[C@@H]1OC(C)=O. The molecule has 1 aliphatic carbocycles. The maximum absolute atomic E-state index is 13.0. The molecule has 48 heavy (non-hydrogen) atoms. The average Bonchev–Trinajstić information content (AvgIpc) is 3.33. The fraction of sp³-hybridized carbons (Fsp3) is 0.455. The molecule has 258 valence electrons. The molecule has 0 aromatic heterocycles. The summed E-state index contributed by atoms with van der Waals surface area (Å²) in [6.45, 7) is 5.02. The summed E-state index contributed by atoms with van der Waals surface area (Å²) in [5.74, 6) is -5.03. The number of rotatable bonds is 12. The molecule has 1 aliphatic heterocycles. The predicted molar refractivity (Wildman–Crippen MR) is 162 cm³/mol. The first-order valence-corrected chi connectivity index (χ1v) is 15.1. The first kappa shape index (κ1) is 35.8. The van der Waals surface area contributed by atoms with E-state index in [-0.39, 0.29) is 12.5 Å². The van der Waals surface area contributed by atoms with E-state index in [1.165, 1.54) is 6.92 Å². The zero-order chi connectivity index (χ0) is 35.1. The summed E-state index contributed by atoms with van der Waals surface area (Å²) < 4.78 is 38.3. The number of benzene rings is 2. The second-order valence-corrected chi connectivity index (χ2v) is 11.2. The molecule has 0 unspecified atom stereocenters. The van der Waals surface area contributed by atoms with Crippen LogP contribution in [0.1, 0.15) is 51.7 Å². The molecule has 2 aromatic rings. The van der Waals surface area contributed by atoms with E-state index in [1.807, 2.05) is 48.5 Å². The molecule has 2 aliphatic rings. The number of fused-ring (bicyclic) bond motifs is 3. The maximum Gasteiger partial charge on any atom is 0.407 e. The molecular formula is C33H37NO14. The molecule has 0 bridgehead atoms. The highest BCUT2D eigenvalue weighted by Crippen LogP contribution is 2.44. The van der Waals surface area contributed by atoms with E-state index >= 15 is 0 Å². The largest absolute Gasteiger partial charge is 0.480 e. The Morgan fingerprint density at radius 3 is 1.77 bits per heavy atom. The van der Waals surface area contributed by atoms with Crippen LogP contribution in [0.2, 0.25) is 0 Å². The second-order valence-electron chi connectivity index (χ2n) is 11.2. The minimum absolute atomic E-state index is 0.0822. The van der Waals surface area contributed by atoms with Gasteiger partial charge in [0.1, 0.15) is 19.3 Å². The minimum atomic E-state index is -1.72. The van der Waals surface area contributed by atoms with Gasteiger partial charge < -0.3 is 43.6 Å². The van der Waals surface area contributed by atoms with E-state index in [4.69, 9.17) is 33.2 Å². The Balaban J connectivity index is 1.52. The normalized spacial score (nSPS) is 22.6. The number of aliphatic carboxylic acids is 1. The molecule has 0 spiro atoms. The van der Waals surface area contributed by atoms with Gasteiger partial charge in [-0.1, -0.05) is 48.5 Å². The van der Waals surface area contributed by atoms with Gasteiger partial charge in [0.2, 0.25) is 0 Å². The number of hydrogen-bond donors (Lipinski definition) is 2. The van der Waals surface area contributed by atoms with Gasteiger partial charge in [0.25, 0.3) is 0 Å². The lowest BCUT2D eigenvalue weighted by Gasteiger charge is -2.44. The maximum atomic E-state index is 13.0. The number of esters is 4. The van der Waals surface area contributed by atoms with Gasteiger partial charge in [-0.25, -0.2) is 9.59 Å². The number of ether oxygens (including phenoxy) is 7. The smallest absolute Gasteiger partial charge is 0.407 e. The van der Waals surface area contributed by atoms with E-state index in [2.05, 4.69) is 5.32 Å². The van der Waals surface area contributed by atoms with Crippen LogP contribution < -0.4 is 5.32 Å². The lowest BCUT2D eigenvalue weighted by molar-refractivity contribution is -0.316. The highest BCUT2D eigenvalue weighted by atomic mass is 16.7. The fourth-order valence-corrected chi connectivity index (χ4v) is 5.74. The quantitative estimate of drug-likeness (QED) is 0.246. The molecule has 0 radical (unpaired) electrons. The van der Waals surface area contributed by atoms with Gasteiger partial charge in [-0.15, -0.1) is 0 Å². The molecule has 1 amide bonds. The van der Waals surface area contributed by atoms with Crippen molar-refractivity contribution in [3.8, 4) is 11.1 Å². The van der Waals surface area contributed by atoms with E-state index in [0.29, 0.717) is 0 Å². The van der Waals surface area contributed by atoms with E-state index in [9.17, 15) is 33.9 Å². The molecule has 7 atom stereocenters. The molecule has 2 aromatic carbocycles. The zero-order valence-corrected chi connectivity index (χ0v) is 26.9. The third-order valence-electron chi connectivity index (χ3n) is 7.65. The topological polar surface area (TPSA) is 199 Å². The van der Waals surface area contributed by atoms with Crippen LogP contribution in [-0.4, -0.2) is 97.1 Å². The van der Waals surface area contributed by atoms with Crippen molar-refractivity contribution in [2.24, 2.45) is 0 Å². The van der Waals surface area contributed by atoms with Gasteiger partial charge in [-0.05, 0) is 29.2 Å². The number of carbonyl (C=O) groups is 6. The second kappa shape index (κ2) is 15.7. The Kier molecular flexibility index (Phi) is 11.7. The fourth-order valence-electron chi connectivity index (χ4n) is 5.74. The summed E-state index contributed by atoms with van der Waals surface area (Å²) in [6, 6.07) is 13.7. The molecule has 1 saturated heterocycles. The van der Waals surface area contributed by atoms with Crippen molar-refractivity contribution in [2.75, 3.05) is 13.2 Å². The van der Waals surface area contributed by atoms with Gasteiger partial charge >= 0.3 is 35.9 Å². The summed E-state index contributed by atoms with van der Waals surface area (Å²) >= 11 is 0. The van der Waals surface area contributed by atoms with Crippen LogP contribution in [0, 0.1) is 0 Å². The van der Waals surface area contributed by atoms with Crippen molar-refractivity contribution in [3.05, 3.63) is 59.7 Å². The third-order valence-corrected chi connectivity index (χ3v) is 7.65. The molecule has 2 N–H and O–H groups in total. The molecule has 15 heteroatoms. The summed E-state index contributed by atoms with van der Waals surface area (Å²) in [6.07, 6.45) is -9.95. The zero-order valence-electron chi connectivity index (χ0n) is 26.9. The van der Waals surface area contributed by atoms with E-state index < -0.39 is 85.4 Å². The Labute approximate surface area is 275 Å². The number of carbonyl (C=O) groups excluding carboxylic acids is 5. The number of hydrogen-bond acceptors (Lipinski definition) is 13. The van der Waals surface area contributed by atoms with Gasteiger partial charge in [-0.2, -0.15) is 0 Å². The number of amides is 1. The number of nitrogens with one attached hydrogen (secondary N) is 1. The molecule has 0 saturated carbocycles. The standard InChI is InChI=1S/C33H37NO14/c1-16(27(31(39)40)34-33(41)43-14-25-23-12-8-6-10-21(23)22-11-7-9-13-24(22)25)44-32-30(47-20(5)38)29(46-19(4)37)28(45-18(3)36)26(48-32)15-42-17(2)35/h6-13,16,25-30,32H,14-15H2,1-5H3,(H,34,41)(H,39,40)/t16-,26+,27+,28-,29-,30-,32+/m1/s1. The van der Waals surface area contributed by atoms with E-state index in [0.717, 1.165) is 49.9 Å². The lowest BCUT2D eigenvalue weighted by atomic mass is 9.98. The molecule has 1 heterocycles. The van der Waals surface area contributed by atoms with Gasteiger partial charge in [0.05, 0.1) is 6.10 Å². The Bertz CT molecular complexity index is 1500. The lowest BCUT2D eigenvalue weighted by Crippen LogP contribution is -2.64. The van der Waals surface area contributed by atoms with Crippen molar-refractivity contribution in [3.63, 3.8) is 0 Å². The molecular weight excluding hydrogens is 634 g/mol. The van der Waals surface area contributed by atoms with Crippen molar-refractivity contribution in [2.45, 2.75) is 83.4 Å². The first-order valence-electron chi connectivity index (χ1n) is 15.1. The van der Waals surface area contributed by atoms with E-state index in [1.54, 1.807) is 0 Å². The van der Waals surface area contributed by atoms with Gasteiger partial charge in [0, 0.05) is 33.6 Å². The van der Waals surface area contributed by atoms with Crippen molar-refractivity contribution in [1.82, 2.24) is 5.32 Å². The Morgan fingerprint density at radius 2 is 1.25 bits per heavy atom. The number of alkyl carbamates (subject to hydrolysis) is 1. The summed E-state index contributed by atoms with van der Waals surface area (Å²) in [7, 11) is 0. The molecule has 1 fully saturated rings. The van der Waals surface area contributed by atoms with Crippen LogP contribution in [0.3, 0.4) is 0 Å². The third kappa shape index (κ3) is 8.66. The first-order chi connectivity index (χ1) is 22.8. The highest BCUT2D eigenvalue weighted by molar-refractivity contribution is 5.81. The van der Waals surface area contributed by atoms with Gasteiger partial charge in [0.15, 0.2) is 30.6 Å². The Morgan fingerprint density at radius 1 is 0.729 bits per heavy atom. The van der Waals surface area contributed by atoms with Crippen LogP contribution in [0.15, 0.2) is 48.5 Å². The van der Waals surface area contributed by atoms with Crippen molar-refractivity contribution < 1.29 is 67.0 Å². The van der Waals surface area contributed by atoms with Crippen molar-refractivity contribution in [1.29, 1.82) is 0 Å². The van der Waals surface area contributed by atoms with Crippen LogP contribution >= 0.6 is 0 Å². The van der Waals surface area contributed by atoms with Gasteiger partial charge in [-0.3, -0.25) is 19.2 Å². The Hall–Kier alpha value is -5.02. The predicted octanol–water partition coefficient (Wildman–Crippen LogP) is 2.47. The number of carboxylic acid groups (broad SMARTS) is 1. The van der Waals surface area contributed by atoms with Crippen LogP contribution in [0.5, 0.6) is 0 Å². The van der Waals surface area contributed by atoms with Crippen LogP contribution in [0.4, 0.5) is 4.79 Å². The average molecular weight is 672 g/mol. The highest BCUT2D eigenvalue weighted by Gasteiger charge is 2.53. The summed E-state index contributed by atoms with van der Waals surface area (Å²) in [4.78, 5) is 73.0. The van der Waals surface area contributed by atoms with Crippen LogP contribution in [-0.2, 0) is 57.1 Å². The minimum Gasteiger partial charge on any atom is -0.480 e. The number of carboxylic acids is 1. The summed E-state index contributed by atoms with van der Waals surface area (Å²) in [5.41, 5.74) is 3.94. The molecule has 4 rings (SSSR count). The van der Waals surface area contributed by atoms with Crippen LogP contribution in [0.25, 0.3) is 11.1 Å². The molecule has 15 nitrogen and oxygen atoms in total. The van der Waals surface area contributed by atoms with Crippen molar-refractivity contribution >= 4 is 35.9 Å². The monoisotopic (exact) mass is 671 g/mol. The summed E-state index contributed by atoms with van der Waals surface area (Å²) in [5, 5.41) is 12.3.